The number of rotatable bonds is 3. The van der Waals surface area contributed by atoms with Gasteiger partial charge < -0.3 is 4.74 Å². The molecule has 0 aromatic carbocycles. The van der Waals surface area contributed by atoms with Crippen molar-refractivity contribution in [3.63, 3.8) is 0 Å². The van der Waals surface area contributed by atoms with Crippen molar-refractivity contribution in [3.8, 4) is 0 Å². The van der Waals surface area contributed by atoms with Gasteiger partial charge in [0.2, 0.25) is 0 Å². The summed E-state index contributed by atoms with van der Waals surface area (Å²) in [5.74, 6) is 0. The van der Waals surface area contributed by atoms with E-state index in [1.54, 1.807) is 13.0 Å². The van der Waals surface area contributed by atoms with Crippen LogP contribution >= 0.6 is 23.6 Å². The lowest BCUT2D eigenvalue weighted by molar-refractivity contribution is 0.102. The third-order valence-electron chi connectivity index (χ3n) is 0.939. The van der Waals surface area contributed by atoms with Crippen molar-refractivity contribution in [3.05, 3.63) is 12.7 Å². The second-order valence-corrected chi connectivity index (χ2v) is 2.80. The third-order valence-corrected chi connectivity index (χ3v) is 1.21. The summed E-state index contributed by atoms with van der Waals surface area (Å²) in [7, 11) is 0. The first-order valence-electron chi connectivity index (χ1n) is 3.01. The molecular weight excluding hydrogens is 189 g/mol. The molecule has 0 aliphatic carbocycles. The fourth-order valence-corrected chi connectivity index (χ4v) is 0.574. The van der Waals surface area contributed by atoms with E-state index in [4.69, 9.17) is 28.3 Å². The quantitative estimate of drug-likeness (QED) is 0.515. The van der Waals surface area contributed by atoms with Crippen molar-refractivity contribution in [2.24, 2.45) is 0 Å². The normalized spacial score (nSPS) is 11.9. The van der Waals surface area contributed by atoms with Crippen LogP contribution in [0.4, 0.5) is 4.79 Å². The second-order valence-electron chi connectivity index (χ2n) is 1.95. The Hall–Kier alpha value is -0.410. The summed E-state index contributed by atoms with van der Waals surface area (Å²) < 4.78 is 5.05. The average Bonchev–Trinajstić information content (AvgIpc) is 1.87. The van der Waals surface area contributed by atoms with E-state index in [2.05, 4.69) is 6.58 Å². The number of carbonyl (C=O) groups is 1. The second kappa shape index (κ2) is 5.27. The van der Waals surface area contributed by atoms with Gasteiger partial charge in [0.05, 0.1) is 0 Å². The van der Waals surface area contributed by atoms with Gasteiger partial charge in [0.25, 0.3) is 0 Å². The van der Waals surface area contributed by atoms with Crippen LogP contribution in [0.25, 0.3) is 0 Å². The van der Waals surface area contributed by atoms with E-state index in [1.807, 2.05) is 0 Å². The first kappa shape index (κ1) is 10.6. The number of hydrogen-bond acceptors (Lipinski definition) is 2. The maximum absolute atomic E-state index is 10.6. The molecular formula is C6H9Cl2NO2. The van der Waals surface area contributed by atoms with Crippen LogP contribution < -0.4 is 0 Å². The van der Waals surface area contributed by atoms with E-state index in [-0.39, 0.29) is 6.10 Å². The number of nitrogens with zero attached hydrogens (tertiary/aromatic N) is 1. The van der Waals surface area contributed by atoms with Crippen molar-refractivity contribution >= 4 is 29.6 Å². The molecule has 0 heterocycles. The van der Waals surface area contributed by atoms with E-state index >= 15 is 0 Å². The van der Waals surface area contributed by atoms with E-state index in [0.29, 0.717) is 10.4 Å². The molecule has 0 saturated heterocycles. The van der Waals surface area contributed by atoms with Gasteiger partial charge in [-0.05, 0) is 6.92 Å². The van der Waals surface area contributed by atoms with Gasteiger partial charge in [-0.15, -0.1) is 10.5 Å². The fourth-order valence-electron chi connectivity index (χ4n) is 0.495. The highest BCUT2D eigenvalue weighted by Crippen LogP contribution is 2.06. The topological polar surface area (TPSA) is 29.5 Å². The Bertz CT molecular complexity index is 150. The number of ether oxygens (including phenoxy) is 1. The average molecular weight is 198 g/mol. The van der Waals surface area contributed by atoms with Gasteiger partial charge >= 0.3 is 6.09 Å². The standard InChI is InChI=1S/C6H9Cl2NO2/c1-3-4-5(2)11-6(10)9(7)8/h3,5H,1,4H2,2H3. The Kier molecular flexibility index (Phi) is 5.07. The van der Waals surface area contributed by atoms with Gasteiger partial charge in [-0.1, -0.05) is 6.08 Å². The lowest BCUT2D eigenvalue weighted by Gasteiger charge is -2.11. The van der Waals surface area contributed by atoms with Gasteiger partial charge in [0.15, 0.2) is 0 Å². The minimum Gasteiger partial charge on any atom is -0.444 e. The molecule has 0 fully saturated rings. The molecule has 0 aliphatic rings. The summed E-state index contributed by atoms with van der Waals surface area (Å²) in [6.07, 6.45) is 1.20. The minimum atomic E-state index is -0.775. The highest BCUT2D eigenvalue weighted by atomic mass is 35.5. The van der Waals surface area contributed by atoms with Crippen LogP contribution in [0.1, 0.15) is 13.3 Å². The Morgan fingerprint density at radius 2 is 2.36 bits per heavy atom. The molecule has 1 unspecified atom stereocenters. The molecule has 0 spiro atoms. The molecule has 3 nitrogen and oxygen atoms in total. The van der Waals surface area contributed by atoms with Gasteiger partial charge in [0, 0.05) is 30.0 Å². The van der Waals surface area contributed by atoms with E-state index < -0.39 is 6.09 Å². The highest BCUT2D eigenvalue weighted by molar-refractivity contribution is 6.40. The number of amides is 1. The van der Waals surface area contributed by atoms with Crippen LogP contribution in [0.3, 0.4) is 0 Å². The summed E-state index contributed by atoms with van der Waals surface area (Å²) in [5, 5.41) is 0. The Labute approximate surface area is 75.7 Å². The van der Waals surface area contributed by atoms with E-state index in [1.165, 1.54) is 0 Å². The molecule has 0 radical (unpaired) electrons. The number of carbonyl (C=O) groups excluding carboxylic acids is 1. The molecule has 0 N–H and O–H groups in total. The lowest BCUT2D eigenvalue weighted by Crippen LogP contribution is -2.19. The zero-order chi connectivity index (χ0) is 8.85. The molecule has 11 heavy (non-hydrogen) atoms. The molecule has 1 atom stereocenters. The van der Waals surface area contributed by atoms with Crippen molar-refractivity contribution in [1.29, 1.82) is 0 Å². The summed E-state index contributed by atoms with van der Waals surface area (Å²) in [5.41, 5.74) is 0. The lowest BCUT2D eigenvalue weighted by atomic mass is 10.3. The molecule has 1 amide bonds. The molecule has 0 aromatic rings. The molecule has 0 aliphatic heterocycles. The molecule has 0 rings (SSSR count). The predicted molar refractivity (Wildman–Crippen MR) is 44.3 cm³/mol. The van der Waals surface area contributed by atoms with Gasteiger partial charge in [-0.3, -0.25) is 0 Å². The monoisotopic (exact) mass is 197 g/mol. The van der Waals surface area contributed by atoms with Crippen LogP contribution in [-0.4, -0.2) is 16.1 Å². The van der Waals surface area contributed by atoms with E-state index in [0.717, 1.165) is 0 Å². The molecule has 0 saturated carbocycles. The van der Waals surface area contributed by atoms with E-state index in [9.17, 15) is 4.79 Å². The number of halogens is 2. The Balaban J connectivity index is 3.65. The van der Waals surface area contributed by atoms with Crippen molar-refractivity contribution in [1.82, 2.24) is 3.94 Å². The largest absolute Gasteiger partial charge is 0.444 e. The molecule has 5 heteroatoms. The maximum atomic E-state index is 10.6. The molecule has 0 aromatic heterocycles. The predicted octanol–water partition coefficient (Wildman–Crippen LogP) is 2.70. The first-order chi connectivity index (χ1) is 5.07. The zero-order valence-corrected chi connectivity index (χ0v) is 7.60. The Morgan fingerprint density at radius 1 is 1.82 bits per heavy atom. The Morgan fingerprint density at radius 3 is 2.73 bits per heavy atom. The number of hydrogen-bond donors (Lipinski definition) is 0. The van der Waals surface area contributed by atoms with Crippen LogP contribution in [0.5, 0.6) is 0 Å². The molecule has 64 valence electrons. The third kappa shape index (κ3) is 4.93. The van der Waals surface area contributed by atoms with Gasteiger partial charge in [0.1, 0.15) is 6.10 Å². The fraction of sp³-hybridized carbons (Fsp3) is 0.500. The SMILES string of the molecule is C=CCC(C)OC(=O)N(Cl)Cl. The highest BCUT2D eigenvalue weighted by Gasteiger charge is 2.12. The summed E-state index contributed by atoms with van der Waals surface area (Å²) in [6.45, 7) is 5.20. The smallest absolute Gasteiger partial charge is 0.440 e. The van der Waals surface area contributed by atoms with Crippen molar-refractivity contribution < 1.29 is 9.53 Å². The van der Waals surface area contributed by atoms with Crippen LogP contribution in [0.2, 0.25) is 0 Å². The van der Waals surface area contributed by atoms with Crippen LogP contribution in [-0.2, 0) is 4.74 Å². The summed E-state index contributed by atoms with van der Waals surface area (Å²) in [4.78, 5) is 10.6. The van der Waals surface area contributed by atoms with Crippen molar-refractivity contribution in [2.75, 3.05) is 0 Å². The van der Waals surface area contributed by atoms with Gasteiger partial charge in [-0.2, -0.15) is 0 Å². The van der Waals surface area contributed by atoms with Crippen LogP contribution in [0, 0.1) is 0 Å². The van der Waals surface area contributed by atoms with Crippen LogP contribution in [0.15, 0.2) is 12.7 Å². The van der Waals surface area contributed by atoms with Crippen molar-refractivity contribution in [2.45, 2.75) is 19.4 Å². The summed E-state index contributed by atoms with van der Waals surface area (Å²) in [6, 6.07) is 0. The summed E-state index contributed by atoms with van der Waals surface area (Å²) >= 11 is 10.1. The maximum Gasteiger partial charge on any atom is 0.440 e. The first-order valence-corrected chi connectivity index (χ1v) is 3.68. The van der Waals surface area contributed by atoms with Gasteiger partial charge in [-0.25, -0.2) is 4.79 Å². The molecule has 0 bridgehead atoms. The zero-order valence-electron chi connectivity index (χ0n) is 6.09. The minimum absolute atomic E-state index is 0.250.